The number of aryl methyl sites for hydroxylation is 3. The highest BCUT2D eigenvalue weighted by atomic mass is 15.2. The van der Waals surface area contributed by atoms with Crippen molar-refractivity contribution in [1.29, 1.82) is 5.41 Å². The number of hydrogen-bond acceptors (Lipinski definition) is 4. The molecular formula is C15H20N6. The third kappa shape index (κ3) is 2.61. The van der Waals surface area contributed by atoms with Crippen molar-refractivity contribution in [2.75, 3.05) is 11.9 Å². The maximum absolute atomic E-state index is 7.81. The fourth-order valence-electron chi connectivity index (χ4n) is 2.85. The molecule has 2 aromatic heterocycles. The molecule has 2 aromatic rings. The average Bonchev–Trinajstić information content (AvgIpc) is 3.05. The summed E-state index contributed by atoms with van der Waals surface area (Å²) in [5, 5.41) is 12.0. The highest BCUT2D eigenvalue weighted by Crippen LogP contribution is 2.27. The van der Waals surface area contributed by atoms with E-state index < -0.39 is 0 Å². The maximum atomic E-state index is 7.81. The minimum atomic E-state index is 0.0743. The van der Waals surface area contributed by atoms with E-state index in [-0.39, 0.29) is 5.84 Å². The molecule has 0 atom stereocenters. The number of anilines is 1. The van der Waals surface area contributed by atoms with Crippen LogP contribution in [-0.2, 0) is 26.4 Å². The smallest absolute Gasteiger partial charge is 0.139 e. The summed E-state index contributed by atoms with van der Waals surface area (Å²) >= 11 is 0. The van der Waals surface area contributed by atoms with E-state index in [1.807, 2.05) is 37.5 Å². The average molecular weight is 284 g/mol. The minimum absolute atomic E-state index is 0.0743. The summed E-state index contributed by atoms with van der Waals surface area (Å²) in [6, 6.07) is 2.03. The van der Waals surface area contributed by atoms with Gasteiger partial charge in [-0.15, -0.1) is 0 Å². The van der Waals surface area contributed by atoms with Gasteiger partial charge in [-0.2, -0.15) is 5.10 Å². The molecule has 0 amide bonds. The van der Waals surface area contributed by atoms with Gasteiger partial charge in [-0.25, -0.2) is 4.98 Å². The van der Waals surface area contributed by atoms with Crippen LogP contribution in [0.4, 0.5) is 5.82 Å². The van der Waals surface area contributed by atoms with Crippen molar-refractivity contribution in [3.63, 3.8) is 0 Å². The number of fused-ring (bicyclic) bond motifs is 1. The highest BCUT2D eigenvalue weighted by molar-refractivity contribution is 5.99. The number of pyridine rings is 1. The predicted octanol–water partition coefficient (Wildman–Crippen LogP) is 1.22. The largest absolute Gasteiger partial charge is 0.384 e. The first-order chi connectivity index (χ1) is 10.0. The molecule has 0 aromatic carbocycles. The molecule has 0 fully saturated rings. The van der Waals surface area contributed by atoms with Gasteiger partial charge in [-0.3, -0.25) is 10.1 Å². The summed E-state index contributed by atoms with van der Waals surface area (Å²) in [7, 11) is 3.88. The number of amidine groups is 1. The quantitative estimate of drug-likeness (QED) is 0.653. The Balaban J connectivity index is 1.94. The van der Waals surface area contributed by atoms with Gasteiger partial charge < -0.3 is 10.6 Å². The van der Waals surface area contributed by atoms with Crippen LogP contribution in [0.25, 0.3) is 0 Å². The van der Waals surface area contributed by atoms with Crippen molar-refractivity contribution in [3.8, 4) is 0 Å². The molecule has 6 nitrogen and oxygen atoms in total. The number of nitrogen functional groups attached to an aromatic ring is 1. The van der Waals surface area contributed by atoms with E-state index in [0.717, 1.165) is 41.9 Å². The summed E-state index contributed by atoms with van der Waals surface area (Å²) in [4.78, 5) is 6.79. The summed E-state index contributed by atoms with van der Waals surface area (Å²) in [5.41, 5.74) is 9.96. The van der Waals surface area contributed by atoms with Crippen LogP contribution in [0.15, 0.2) is 18.5 Å². The normalized spacial score (nSPS) is 13.2. The fourth-order valence-corrected chi connectivity index (χ4v) is 2.85. The van der Waals surface area contributed by atoms with Gasteiger partial charge in [0.1, 0.15) is 11.7 Å². The Hall–Kier alpha value is -2.37. The number of aromatic nitrogens is 3. The van der Waals surface area contributed by atoms with E-state index in [0.29, 0.717) is 6.54 Å². The molecule has 0 spiro atoms. The Bertz CT molecular complexity index is 687. The van der Waals surface area contributed by atoms with Gasteiger partial charge in [-0.05, 0) is 30.9 Å². The van der Waals surface area contributed by atoms with Gasteiger partial charge >= 0.3 is 0 Å². The number of rotatable bonds is 4. The summed E-state index contributed by atoms with van der Waals surface area (Å²) in [6.07, 6.45) is 7.01. The van der Waals surface area contributed by atoms with Crippen LogP contribution in [0.2, 0.25) is 0 Å². The number of nitrogens with zero attached hydrogens (tertiary/aromatic N) is 4. The maximum Gasteiger partial charge on any atom is 0.139 e. The van der Waals surface area contributed by atoms with Crippen LogP contribution < -0.4 is 10.6 Å². The number of nitrogens with two attached hydrogens (primary N) is 1. The molecule has 3 rings (SSSR count). The topological polar surface area (TPSA) is 83.8 Å². The van der Waals surface area contributed by atoms with Crippen molar-refractivity contribution in [2.45, 2.75) is 25.8 Å². The molecule has 0 unspecified atom stereocenters. The van der Waals surface area contributed by atoms with E-state index >= 15 is 0 Å². The van der Waals surface area contributed by atoms with Crippen LogP contribution in [0.5, 0.6) is 0 Å². The van der Waals surface area contributed by atoms with E-state index in [9.17, 15) is 0 Å². The molecule has 110 valence electrons. The van der Waals surface area contributed by atoms with E-state index in [1.54, 1.807) is 4.68 Å². The second-order valence-electron chi connectivity index (χ2n) is 5.61. The van der Waals surface area contributed by atoms with Gasteiger partial charge in [0.25, 0.3) is 0 Å². The van der Waals surface area contributed by atoms with Crippen LogP contribution in [0.3, 0.4) is 0 Å². The standard InChI is InChI=1S/C15H20N6/c1-20(8-10-7-18-21(2)9-10)15-12(14(16)17)6-11-4-3-5-13(11)19-15/h6-7,9H,3-5,8H2,1-2H3,(H3,16,17). The second-order valence-corrected chi connectivity index (χ2v) is 5.61. The Kier molecular flexibility index (Phi) is 3.37. The zero-order valence-electron chi connectivity index (χ0n) is 12.4. The van der Waals surface area contributed by atoms with Crippen molar-refractivity contribution in [2.24, 2.45) is 12.8 Å². The molecule has 6 heteroatoms. The molecule has 0 bridgehead atoms. The first-order valence-electron chi connectivity index (χ1n) is 7.10. The monoisotopic (exact) mass is 284 g/mol. The Labute approximate surface area is 124 Å². The van der Waals surface area contributed by atoms with Crippen molar-refractivity contribution < 1.29 is 0 Å². The molecule has 2 heterocycles. The summed E-state index contributed by atoms with van der Waals surface area (Å²) in [6.45, 7) is 0.694. The third-order valence-corrected chi connectivity index (χ3v) is 3.86. The van der Waals surface area contributed by atoms with Gasteiger partial charge in [0.2, 0.25) is 0 Å². The Morgan fingerprint density at radius 2 is 2.29 bits per heavy atom. The van der Waals surface area contributed by atoms with Gasteiger partial charge in [-0.1, -0.05) is 0 Å². The zero-order chi connectivity index (χ0) is 15.0. The van der Waals surface area contributed by atoms with Crippen LogP contribution in [0, 0.1) is 5.41 Å². The summed E-state index contributed by atoms with van der Waals surface area (Å²) in [5.74, 6) is 0.859. The summed E-state index contributed by atoms with van der Waals surface area (Å²) < 4.78 is 1.78. The first-order valence-corrected chi connectivity index (χ1v) is 7.10. The molecule has 0 aliphatic heterocycles. The molecular weight excluding hydrogens is 264 g/mol. The minimum Gasteiger partial charge on any atom is -0.384 e. The zero-order valence-corrected chi connectivity index (χ0v) is 12.4. The first kappa shape index (κ1) is 13.6. The van der Waals surface area contributed by atoms with Gasteiger partial charge in [0, 0.05) is 38.1 Å². The Morgan fingerprint density at radius 3 is 2.95 bits per heavy atom. The fraction of sp³-hybridized carbons (Fsp3) is 0.400. The van der Waals surface area contributed by atoms with Gasteiger partial charge in [0.15, 0.2) is 0 Å². The van der Waals surface area contributed by atoms with Crippen LogP contribution in [0.1, 0.15) is 28.8 Å². The van der Waals surface area contributed by atoms with E-state index in [1.165, 1.54) is 5.56 Å². The van der Waals surface area contributed by atoms with Crippen molar-refractivity contribution in [3.05, 3.63) is 40.8 Å². The van der Waals surface area contributed by atoms with Crippen molar-refractivity contribution in [1.82, 2.24) is 14.8 Å². The van der Waals surface area contributed by atoms with E-state index in [4.69, 9.17) is 16.1 Å². The third-order valence-electron chi connectivity index (χ3n) is 3.86. The molecule has 0 saturated carbocycles. The lowest BCUT2D eigenvalue weighted by molar-refractivity contribution is 0.766. The number of hydrogen-bond donors (Lipinski definition) is 2. The number of nitrogens with one attached hydrogen (secondary N) is 1. The lowest BCUT2D eigenvalue weighted by Gasteiger charge is -2.21. The molecule has 0 saturated heterocycles. The lowest BCUT2D eigenvalue weighted by atomic mass is 10.1. The molecule has 3 N–H and O–H groups in total. The SMILES string of the molecule is CN(Cc1cnn(C)c1)c1nc2c(cc1C(=N)N)CCC2. The Morgan fingerprint density at radius 1 is 1.48 bits per heavy atom. The van der Waals surface area contributed by atoms with Crippen LogP contribution in [-0.4, -0.2) is 27.6 Å². The molecule has 0 radical (unpaired) electrons. The molecule has 21 heavy (non-hydrogen) atoms. The molecule has 1 aliphatic rings. The molecule has 1 aliphatic carbocycles. The predicted molar refractivity (Wildman–Crippen MR) is 82.6 cm³/mol. The second kappa shape index (κ2) is 5.20. The van der Waals surface area contributed by atoms with Crippen LogP contribution >= 0.6 is 0 Å². The van der Waals surface area contributed by atoms with Gasteiger partial charge in [0.05, 0.1) is 11.8 Å². The highest BCUT2D eigenvalue weighted by Gasteiger charge is 2.20. The lowest BCUT2D eigenvalue weighted by Crippen LogP contribution is -2.24. The van der Waals surface area contributed by atoms with Crippen molar-refractivity contribution >= 4 is 11.7 Å². The van der Waals surface area contributed by atoms with E-state index in [2.05, 4.69) is 5.10 Å².